The van der Waals surface area contributed by atoms with Crippen molar-refractivity contribution >= 4 is 15.9 Å². The zero-order valence-corrected chi connectivity index (χ0v) is 17.0. The monoisotopic (exact) mass is 445 g/mol. The maximum Gasteiger partial charge on any atom is 0.315 e. The van der Waals surface area contributed by atoms with Crippen molar-refractivity contribution in [1.82, 2.24) is 15.0 Å². The third-order valence-electron chi connectivity index (χ3n) is 4.28. The van der Waals surface area contributed by atoms with Crippen LogP contribution in [-0.4, -0.2) is 49.8 Å². The van der Waals surface area contributed by atoms with Crippen LogP contribution in [0.5, 0.6) is 0 Å². The first kappa shape index (κ1) is 23.8. The van der Waals surface area contributed by atoms with E-state index in [1.54, 1.807) is 42.7 Å². The molecule has 0 aliphatic carbocycles. The van der Waals surface area contributed by atoms with Crippen molar-refractivity contribution in [3.8, 4) is 11.1 Å². The lowest BCUT2D eigenvalue weighted by molar-refractivity contribution is -0.133. The zero-order chi connectivity index (χ0) is 22.5. The first-order chi connectivity index (χ1) is 14.0. The summed E-state index contributed by atoms with van der Waals surface area (Å²) in [7, 11) is -3.38. The average Bonchev–Trinajstić information content (AvgIpc) is 2.70. The number of hydrogen-bond donors (Lipinski definition) is 3. The number of amides is 1. The molecule has 30 heavy (non-hydrogen) atoms. The van der Waals surface area contributed by atoms with Crippen LogP contribution in [0, 0.1) is 0 Å². The molecule has 1 aromatic carbocycles. The maximum absolute atomic E-state index is 13.1. The molecule has 0 aliphatic heterocycles. The number of carbonyl (C=O) groups is 1. The summed E-state index contributed by atoms with van der Waals surface area (Å²) in [5.41, 5.74) is 2.19. The number of aliphatic hydroxyl groups is 1. The minimum Gasteiger partial charge on any atom is -0.386 e. The van der Waals surface area contributed by atoms with Gasteiger partial charge in [-0.3, -0.25) is 9.78 Å². The molecular formula is C19H22F3N3O4S. The van der Waals surface area contributed by atoms with Gasteiger partial charge in [0.1, 0.15) is 12.8 Å². The van der Waals surface area contributed by atoms with Crippen LogP contribution in [0.15, 0.2) is 42.6 Å². The van der Waals surface area contributed by atoms with Crippen LogP contribution in [0.4, 0.5) is 13.2 Å². The van der Waals surface area contributed by atoms with E-state index in [0.717, 1.165) is 6.26 Å². The average molecular weight is 445 g/mol. The van der Waals surface area contributed by atoms with E-state index in [1.807, 2.05) is 0 Å². The highest BCUT2D eigenvalue weighted by atomic mass is 32.2. The number of nitrogens with one attached hydrogen (secondary N) is 2. The number of halogens is 3. The molecule has 1 heterocycles. The molecule has 0 saturated heterocycles. The Labute approximate surface area is 172 Å². The SMILES string of the molecule is CC(NS(C)(=O)=O)c1ccc(-c2ccc([C@@H](O)[C@@H](CF)NC(=O)C(F)F)cc2)cn1. The van der Waals surface area contributed by atoms with Gasteiger partial charge in [-0.2, -0.15) is 8.78 Å². The minimum absolute atomic E-state index is 0.242. The Bertz CT molecular complexity index is 954. The van der Waals surface area contributed by atoms with E-state index in [2.05, 4.69) is 9.71 Å². The van der Waals surface area contributed by atoms with Crippen LogP contribution in [0.2, 0.25) is 0 Å². The van der Waals surface area contributed by atoms with Gasteiger partial charge in [0.25, 0.3) is 5.91 Å². The Balaban J connectivity index is 2.12. The summed E-state index contributed by atoms with van der Waals surface area (Å²) in [5.74, 6) is -1.65. The Hall–Kier alpha value is -2.50. The summed E-state index contributed by atoms with van der Waals surface area (Å²) in [4.78, 5) is 15.3. The Morgan fingerprint density at radius 3 is 2.20 bits per heavy atom. The molecular weight excluding hydrogens is 423 g/mol. The fraction of sp³-hybridized carbons (Fsp3) is 0.368. The van der Waals surface area contributed by atoms with Crippen molar-refractivity contribution in [1.29, 1.82) is 0 Å². The molecule has 0 bridgehead atoms. The lowest BCUT2D eigenvalue weighted by atomic mass is 9.99. The second-order valence-corrected chi connectivity index (χ2v) is 8.50. The molecule has 3 N–H and O–H groups in total. The molecule has 1 unspecified atom stereocenters. The van der Waals surface area contributed by atoms with Crippen molar-refractivity contribution in [2.45, 2.75) is 31.5 Å². The molecule has 2 aromatic rings. The Morgan fingerprint density at radius 1 is 1.13 bits per heavy atom. The van der Waals surface area contributed by atoms with E-state index in [1.165, 1.54) is 12.1 Å². The molecule has 1 amide bonds. The number of aromatic nitrogens is 1. The van der Waals surface area contributed by atoms with Crippen LogP contribution in [0.3, 0.4) is 0 Å². The highest BCUT2D eigenvalue weighted by Crippen LogP contribution is 2.24. The van der Waals surface area contributed by atoms with Crippen molar-refractivity contribution in [3.05, 3.63) is 53.9 Å². The largest absolute Gasteiger partial charge is 0.386 e. The third-order valence-corrected chi connectivity index (χ3v) is 5.06. The van der Waals surface area contributed by atoms with E-state index >= 15 is 0 Å². The second kappa shape index (κ2) is 10.0. The summed E-state index contributed by atoms with van der Waals surface area (Å²) in [6.45, 7) is 0.444. The quantitative estimate of drug-likeness (QED) is 0.548. The van der Waals surface area contributed by atoms with Crippen LogP contribution >= 0.6 is 0 Å². The summed E-state index contributed by atoms with van der Waals surface area (Å²) < 4.78 is 62.8. The van der Waals surface area contributed by atoms with Crippen LogP contribution in [-0.2, 0) is 14.8 Å². The number of benzene rings is 1. The molecule has 0 spiro atoms. The normalized spacial score (nSPS) is 14.9. The summed E-state index contributed by atoms with van der Waals surface area (Å²) in [5, 5.41) is 12.0. The first-order valence-corrected chi connectivity index (χ1v) is 10.8. The topological polar surface area (TPSA) is 108 Å². The number of aliphatic hydroxyl groups excluding tert-OH is 1. The van der Waals surface area contributed by atoms with Gasteiger partial charge < -0.3 is 10.4 Å². The van der Waals surface area contributed by atoms with Gasteiger partial charge in [0, 0.05) is 11.8 Å². The standard InChI is InChI=1S/C19H22F3N3O4S/c1-11(25-30(2,28)29)15-8-7-14(10-23-15)12-3-5-13(6-4-12)17(26)16(9-20)24-19(27)18(21)22/h3-8,10-11,16-18,25-26H,9H2,1-2H3,(H,24,27)/t11?,16-,17-/m1/s1. The summed E-state index contributed by atoms with van der Waals surface area (Å²) in [6, 6.07) is 7.61. The molecule has 11 heteroatoms. The smallest absolute Gasteiger partial charge is 0.315 e. The lowest BCUT2D eigenvalue weighted by Gasteiger charge is -2.22. The second-order valence-electron chi connectivity index (χ2n) is 6.72. The molecule has 0 saturated carbocycles. The highest BCUT2D eigenvalue weighted by molar-refractivity contribution is 7.88. The molecule has 7 nitrogen and oxygen atoms in total. The summed E-state index contributed by atoms with van der Waals surface area (Å²) >= 11 is 0. The third kappa shape index (κ3) is 6.51. The van der Waals surface area contributed by atoms with Crippen LogP contribution in [0.25, 0.3) is 11.1 Å². The molecule has 164 valence electrons. The molecule has 3 atom stereocenters. The number of sulfonamides is 1. The van der Waals surface area contributed by atoms with Crippen molar-refractivity contribution in [3.63, 3.8) is 0 Å². The number of nitrogens with zero attached hydrogens (tertiary/aromatic N) is 1. The van der Waals surface area contributed by atoms with Crippen molar-refractivity contribution in [2.24, 2.45) is 0 Å². The van der Waals surface area contributed by atoms with Crippen LogP contribution in [0.1, 0.15) is 30.3 Å². The lowest BCUT2D eigenvalue weighted by Crippen LogP contribution is -2.43. The predicted molar refractivity (Wildman–Crippen MR) is 105 cm³/mol. The fourth-order valence-corrected chi connectivity index (χ4v) is 3.53. The van der Waals surface area contributed by atoms with E-state index in [-0.39, 0.29) is 5.56 Å². The van der Waals surface area contributed by atoms with Crippen molar-refractivity contribution < 1.29 is 31.5 Å². The van der Waals surface area contributed by atoms with Gasteiger partial charge in [-0.05, 0) is 24.1 Å². The highest BCUT2D eigenvalue weighted by Gasteiger charge is 2.26. The Morgan fingerprint density at radius 2 is 1.73 bits per heavy atom. The van der Waals surface area contributed by atoms with Gasteiger partial charge in [0.05, 0.1) is 24.0 Å². The predicted octanol–water partition coefficient (Wildman–Crippen LogP) is 2.11. The van der Waals surface area contributed by atoms with E-state index in [9.17, 15) is 31.5 Å². The molecule has 0 radical (unpaired) electrons. The zero-order valence-electron chi connectivity index (χ0n) is 16.2. The van der Waals surface area contributed by atoms with Gasteiger partial charge in [0.15, 0.2) is 0 Å². The van der Waals surface area contributed by atoms with Gasteiger partial charge in [0.2, 0.25) is 10.0 Å². The number of hydrogen-bond acceptors (Lipinski definition) is 5. The molecule has 1 aromatic heterocycles. The van der Waals surface area contributed by atoms with E-state index in [0.29, 0.717) is 16.8 Å². The van der Waals surface area contributed by atoms with Gasteiger partial charge in [-0.15, -0.1) is 0 Å². The number of alkyl halides is 3. The maximum atomic E-state index is 13.1. The van der Waals surface area contributed by atoms with Gasteiger partial charge in [-0.25, -0.2) is 17.5 Å². The van der Waals surface area contributed by atoms with Crippen LogP contribution < -0.4 is 10.0 Å². The Kier molecular flexibility index (Phi) is 7.93. The van der Waals surface area contributed by atoms with Crippen molar-refractivity contribution in [2.75, 3.05) is 12.9 Å². The number of carbonyl (C=O) groups excluding carboxylic acids is 1. The van der Waals surface area contributed by atoms with Gasteiger partial charge in [-0.1, -0.05) is 30.3 Å². The molecule has 0 aliphatic rings. The minimum atomic E-state index is -3.38. The van der Waals surface area contributed by atoms with Gasteiger partial charge >= 0.3 is 6.43 Å². The fourth-order valence-electron chi connectivity index (χ4n) is 2.77. The van der Waals surface area contributed by atoms with E-state index in [4.69, 9.17) is 0 Å². The number of pyridine rings is 1. The summed E-state index contributed by atoms with van der Waals surface area (Å²) in [6.07, 6.45) is -2.20. The molecule has 2 rings (SSSR count). The van der Waals surface area contributed by atoms with E-state index < -0.39 is 47.2 Å². The number of rotatable bonds is 9. The first-order valence-electron chi connectivity index (χ1n) is 8.88. The molecule has 0 fully saturated rings.